The van der Waals surface area contributed by atoms with Crippen LogP contribution in [0.3, 0.4) is 0 Å². The van der Waals surface area contributed by atoms with Crippen molar-refractivity contribution in [1.29, 1.82) is 0 Å². The summed E-state index contributed by atoms with van der Waals surface area (Å²) < 4.78 is 35.4. The first-order chi connectivity index (χ1) is 19.2. The molecule has 204 valence electrons. The zero-order chi connectivity index (χ0) is 28.4. The summed E-state index contributed by atoms with van der Waals surface area (Å²) in [6.07, 6.45) is -0.170. The number of carbonyl (C=O) groups excluding carboxylic acids is 1. The number of aryl methyl sites for hydroxylation is 1. The lowest BCUT2D eigenvalue weighted by Crippen LogP contribution is -2.50. The van der Waals surface area contributed by atoms with E-state index in [4.69, 9.17) is 4.74 Å². The van der Waals surface area contributed by atoms with Gasteiger partial charge in [0.15, 0.2) is 5.78 Å². The van der Waals surface area contributed by atoms with Crippen molar-refractivity contribution in [3.63, 3.8) is 0 Å². The Bertz CT molecular complexity index is 1660. The number of methoxy groups -OCH3 is 1. The molecule has 4 aromatic rings. The predicted molar refractivity (Wildman–Crippen MR) is 152 cm³/mol. The number of hydrogen-bond acceptors (Lipinski definition) is 6. The molecule has 0 radical (unpaired) electrons. The Morgan fingerprint density at radius 3 is 2.12 bits per heavy atom. The van der Waals surface area contributed by atoms with Crippen molar-refractivity contribution in [3.05, 3.63) is 135 Å². The van der Waals surface area contributed by atoms with Crippen LogP contribution in [0.4, 0.5) is 5.69 Å². The molecule has 3 atom stereocenters. The van der Waals surface area contributed by atoms with E-state index in [0.717, 1.165) is 9.87 Å². The topological polar surface area (TPSA) is 107 Å². The number of anilines is 1. The van der Waals surface area contributed by atoms with Gasteiger partial charge in [-0.05, 0) is 36.8 Å². The summed E-state index contributed by atoms with van der Waals surface area (Å²) in [6.45, 7) is 1.85. The van der Waals surface area contributed by atoms with Crippen molar-refractivity contribution in [2.75, 3.05) is 11.4 Å². The fourth-order valence-electron chi connectivity index (χ4n) is 5.45. The van der Waals surface area contributed by atoms with Crippen molar-refractivity contribution in [2.45, 2.75) is 36.2 Å². The van der Waals surface area contributed by atoms with Crippen molar-refractivity contribution < 1.29 is 22.9 Å². The van der Waals surface area contributed by atoms with Gasteiger partial charge >= 0.3 is 0 Å². The van der Waals surface area contributed by atoms with Crippen LogP contribution in [0.25, 0.3) is 0 Å². The number of hydrogen-bond donors (Lipinski definition) is 0. The van der Waals surface area contributed by atoms with Gasteiger partial charge in [0, 0.05) is 22.5 Å². The quantitative estimate of drug-likeness (QED) is 0.151. The van der Waals surface area contributed by atoms with E-state index in [2.05, 4.69) is 0 Å². The molecular formula is C31H28N2O6S. The van der Waals surface area contributed by atoms with E-state index in [9.17, 15) is 23.3 Å². The molecule has 0 saturated carbocycles. The molecule has 1 aliphatic rings. The molecule has 0 bridgehead atoms. The molecule has 0 fully saturated rings. The Morgan fingerprint density at radius 1 is 0.875 bits per heavy atom. The highest BCUT2D eigenvalue weighted by Crippen LogP contribution is 2.51. The molecule has 4 aromatic carbocycles. The number of nitrogens with zero attached hydrogens (tertiary/aromatic N) is 2. The zero-order valence-electron chi connectivity index (χ0n) is 22.0. The molecule has 0 saturated heterocycles. The van der Waals surface area contributed by atoms with E-state index < -0.39 is 32.9 Å². The summed E-state index contributed by atoms with van der Waals surface area (Å²) in [5.74, 6) is -0.852. The highest BCUT2D eigenvalue weighted by atomic mass is 32.2. The smallest absolute Gasteiger partial charge is 0.265 e. The van der Waals surface area contributed by atoms with E-state index in [0.29, 0.717) is 28.1 Å². The molecule has 0 aromatic heterocycles. The van der Waals surface area contributed by atoms with Gasteiger partial charge in [-0.25, -0.2) is 8.42 Å². The number of Topliss-reactive ketones (excluding diaryl/α,β-unsaturated/α-hetero) is 1. The van der Waals surface area contributed by atoms with Crippen LogP contribution >= 0.6 is 0 Å². The number of sulfonamides is 1. The zero-order valence-corrected chi connectivity index (χ0v) is 22.8. The van der Waals surface area contributed by atoms with Gasteiger partial charge in [0.1, 0.15) is 11.8 Å². The second kappa shape index (κ2) is 10.9. The average Bonchev–Trinajstić information content (AvgIpc) is 2.97. The summed E-state index contributed by atoms with van der Waals surface area (Å²) in [5, 5.41) is 13.0. The van der Waals surface area contributed by atoms with Crippen molar-refractivity contribution in [2.24, 2.45) is 0 Å². The van der Waals surface area contributed by atoms with Crippen LogP contribution in [-0.4, -0.2) is 32.3 Å². The number of ether oxygens (including phenoxy) is 1. The van der Waals surface area contributed by atoms with Gasteiger partial charge in [-0.1, -0.05) is 84.4 Å². The van der Waals surface area contributed by atoms with E-state index in [-0.39, 0.29) is 17.1 Å². The molecular weight excluding hydrogens is 528 g/mol. The third kappa shape index (κ3) is 4.84. The summed E-state index contributed by atoms with van der Waals surface area (Å²) in [7, 11) is -2.86. The number of para-hydroxylation sites is 2. The second-order valence-electron chi connectivity index (χ2n) is 9.74. The largest absolute Gasteiger partial charge is 0.496 e. The molecule has 0 spiro atoms. The van der Waals surface area contributed by atoms with Gasteiger partial charge in [0.05, 0.1) is 23.6 Å². The van der Waals surface area contributed by atoms with Gasteiger partial charge in [0.25, 0.3) is 10.0 Å². The van der Waals surface area contributed by atoms with Crippen LogP contribution < -0.4 is 9.04 Å². The van der Waals surface area contributed by atoms with Crippen LogP contribution in [0, 0.1) is 17.0 Å². The molecule has 1 heterocycles. The third-order valence-corrected chi connectivity index (χ3v) is 9.15. The fourth-order valence-corrected chi connectivity index (χ4v) is 7.12. The van der Waals surface area contributed by atoms with E-state index >= 15 is 0 Å². The minimum Gasteiger partial charge on any atom is -0.496 e. The molecule has 8 nitrogen and oxygen atoms in total. The predicted octanol–water partition coefficient (Wildman–Crippen LogP) is 5.96. The first-order valence-electron chi connectivity index (χ1n) is 12.8. The lowest BCUT2D eigenvalue weighted by molar-refractivity contribution is -0.531. The SMILES string of the molecule is COc1ccccc1[C@H]1[C@H]([N+](=O)[O-])[C@@H](CC(=O)c2ccccc2)c2ccccc2N1S(=O)(=O)c1ccc(C)cc1. The third-order valence-electron chi connectivity index (χ3n) is 7.34. The molecule has 0 aliphatic carbocycles. The summed E-state index contributed by atoms with van der Waals surface area (Å²) in [5.41, 5.74) is 2.37. The number of nitro groups is 1. The van der Waals surface area contributed by atoms with E-state index in [1.165, 1.54) is 19.2 Å². The van der Waals surface area contributed by atoms with Crippen LogP contribution in [0.1, 0.15) is 45.4 Å². The van der Waals surface area contributed by atoms with E-state index in [1.807, 2.05) is 6.92 Å². The number of benzene rings is 4. The maximum absolute atomic E-state index is 14.4. The Balaban J connectivity index is 1.77. The van der Waals surface area contributed by atoms with Crippen molar-refractivity contribution in [3.8, 4) is 5.75 Å². The van der Waals surface area contributed by atoms with Crippen LogP contribution in [0.15, 0.2) is 108 Å². The Hall–Kier alpha value is -4.50. The molecule has 0 unspecified atom stereocenters. The normalized spacial score (nSPS) is 18.6. The van der Waals surface area contributed by atoms with Crippen LogP contribution in [0.5, 0.6) is 5.75 Å². The lowest BCUT2D eigenvalue weighted by Gasteiger charge is -2.43. The number of rotatable bonds is 8. The Labute approximate surface area is 233 Å². The molecule has 9 heteroatoms. The maximum Gasteiger partial charge on any atom is 0.265 e. The fraction of sp³-hybridized carbons (Fsp3) is 0.194. The van der Waals surface area contributed by atoms with Crippen LogP contribution in [-0.2, 0) is 10.0 Å². The average molecular weight is 557 g/mol. The molecule has 0 amide bonds. The summed E-state index contributed by atoms with van der Waals surface area (Å²) in [4.78, 5) is 25.9. The summed E-state index contributed by atoms with van der Waals surface area (Å²) >= 11 is 0. The Morgan fingerprint density at radius 2 is 1.48 bits per heavy atom. The van der Waals surface area contributed by atoms with Gasteiger partial charge in [-0.3, -0.25) is 19.2 Å². The van der Waals surface area contributed by atoms with Gasteiger partial charge in [-0.2, -0.15) is 0 Å². The molecule has 0 N–H and O–H groups in total. The number of carbonyl (C=O) groups is 1. The minimum absolute atomic E-state index is 0.00807. The summed E-state index contributed by atoms with van der Waals surface area (Å²) in [6, 6.07) is 25.6. The molecule has 1 aliphatic heterocycles. The minimum atomic E-state index is -4.30. The number of fused-ring (bicyclic) bond motifs is 1. The van der Waals surface area contributed by atoms with Gasteiger partial charge < -0.3 is 4.74 Å². The standard InChI is InChI=1S/C31H28N2O6S/c1-21-16-18-23(19-17-21)40(37,38)32-27-14-8-6-12-24(27)26(20-28(34)22-10-4-3-5-11-22)31(33(35)36)30(32)25-13-7-9-15-29(25)39-2/h3-19,26,30-31H,20H2,1-2H3/t26-,30-,31+/m0/s1. The Kier molecular flexibility index (Phi) is 7.40. The molecule has 5 rings (SSSR count). The second-order valence-corrected chi connectivity index (χ2v) is 11.6. The number of ketones is 1. The highest BCUT2D eigenvalue weighted by molar-refractivity contribution is 7.92. The van der Waals surface area contributed by atoms with Crippen molar-refractivity contribution >= 4 is 21.5 Å². The monoisotopic (exact) mass is 556 g/mol. The maximum atomic E-state index is 14.4. The lowest BCUT2D eigenvalue weighted by atomic mass is 9.77. The highest BCUT2D eigenvalue weighted by Gasteiger charge is 2.54. The van der Waals surface area contributed by atoms with E-state index in [1.54, 1.807) is 91.0 Å². The molecule has 40 heavy (non-hydrogen) atoms. The van der Waals surface area contributed by atoms with Gasteiger partial charge in [0.2, 0.25) is 6.04 Å². The van der Waals surface area contributed by atoms with Gasteiger partial charge in [-0.15, -0.1) is 0 Å². The first kappa shape index (κ1) is 27.1. The van der Waals surface area contributed by atoms with Crippen LogP contribution in [0.2, 0.25) is 0 Å². The van der Waals surface area contributed by atoms with Crippen molar-refractivity contribution in [1.82, 2.24) is 0 Å². The first-order valence-corrected chi connectivity index (χ1v) is 14.2.